The molecule has 0 N–H and O–H groups in total. The summed E-state index contributed by atoms with van der Waals surface area (Å²) >= 11 is 1.31. The highest BCUT2D eigenvalue weighted by Crippen LogP contribution is 2.34. The molecule has 0 spiro atoms. The first kappa shape index (κ1) is 19.6. The largest absolute Gasteiger partial charge is 0.454 e. The topological polar surface area (TPSA) is 54.9 Å². The zero-order chi connectivity index (χ0) is 20.4. The second-order valence-corrected chi connectivity index (χ2v) is 7.67. The monoisotopic (exact) mass is 415 g/mol. The molecule has 29 heavy (non-hydrogen) atoms. The predicted molar refractivity (Wildman–Crippen MR) is 112 cm³/mol. The summed E-state index contributed by atoms with van der Waals surface area (Å²) in [6.07, 6.45) is 0. The van der Waals surface area contributed by atoms with Gasteiger partial charge in [-0.3, -0.25) is 9.69 Å². The van der Waals surface area contributed by atoms with Crippen molar-refractivity contribution in [1.82, 2.24) is 9.88 Å². The van der Waals surface area contributed by atoms with Crippen LogP contribution in [0.3, 0.4) is 0 Å². The average Bonchev–Trinajstić information content (AvgIpc) is 3.36. The first-order valence-electron chi connectivity index (χ1n) is 9.59. The van der Waals surface area contributed by atoms with E-state index in [1.807, 2.05) is 0 Å². The smallest absolute Gasteiger partial charge is 0.260 e. The molecule has 0 fully saturated rings. The molecule has 0 atom stereocenters. The molecule has 0 saturated heterocycles. The number of carbonyl (C=O) groups excluding carboxylic acids is 1. The number of aromatic nitrogens is 1. The van der Waals surface area contributed by atoms with Crippen molar-refractivity contribution in [2.75, 3.05) is 37.9 Å². The van der Waals surface area contributed by atoms with E-state index < -0.39 is 0 Å². The zero-order valence-electron chi connectivity index (χ0n) is 16.4. The maximum Gasteiger partial charge on any atom is 0.260 e. The standard InChI is InChI=1S/C21H22FN3O3S/c1-3-24(4-2)9-10-25(21-23-16-7-6-15(22)12-19(16)29-21)20(26)14-5-8-17-18(11-14)28-13-27-17/h5-8,11-12H,3-4,9-10,13H2,1-2H3. The minimum Gasteiger partial charge on any atom is -0.454 e. The van der Waals surface area contributed by atoms with Crippen molar-refractivity contribution < 1.29 is 18.7 Å². The molecule has 0 radical (unpaired) electrons. The van der Waals surface area contributed by atoms with Crippen LogP contribution in [0.5, 0.6) is 11.5 Å². The van der Waals surface area contributed by atoms with Crippen molar-refractivity contribution in [1.29, 1.82) is 0 Å². The molecule has 1 amide bonds. The van der Waals surface area contributed by atoms with Crippen LogP contribution in [-0.2, 0) is 0 Å². The van der Waals surface area contributed by atoms with Gasteiger partial charge in [-0.15, -0.1) is 0 Å². The molecule has 0 aliphatic carbocycles. The maximum absolute atomic E-state index is 13.6. The van der Waals surface area contributed by atoms with E-state index in [9.17, 15) is 9.18 Å². The summed E-state index contributed by atoms with van der Waals surface area (Å²) in [5.41, 5.74) is 1.18. The van der Waals surface area contributed by atoms with Crippen molar-refractivity contribution in [3.05, 3.63) is 47.8 Å². The Balaban J connectivity index is 1.67. The molecular weight excluding hydrogens is 393 g/mol. The quantitative estimate of drug-likeness (QED) is 0.580. The molecule has 1 aliphatic rings. The summed E-state index contributed by atoms with van der Waals surface area (Å²) < 4.78 is 25.1. The lowest BCUT2D eigenvalue weighted by Gasteiger charge is -2.24. The number of hydrogen-bond donors (Lipinski definition) is 0. The number of fused-ring (bicyclic) bond motifs is 2. The van der Waals surface area contributed by atoms with E-state index in [2.05, 4.69) is 23.7 Å². The number of hydrogen-bond acceptors (Lipinski definition) is 6. The highest BCUT2D eigenvalue weighted by atomic mass is 32.1. The van der Waals surface area contributed by atoms with Gasteiger partial charge in [0, 0.05) is 18.7 Å². The summed E-state index contributed by atoms with van der Waals surface area (Å²) in [7, 11) is 0. The van der Waals surface area contributed by atoms with Crippen LogP contribution in [0, 0.1) is 5.82 Å². The van der Waals surface area contributed by atoms with Crippen LogP contribution in [0.4, 0.5) is 9.52 Å². The Labute approximate surface area is 172 Å². The van der Waals surface area contributed by atoms with E-state index in [1.54, 1.807) is 29.2 Å². The molecule has 0 bridgehead atoms. The van der Waals surface area contributed by atoms with Gasteiger partial charge in [-0.05, 0) is 49.5 Å². The molecule has 2 heterocycles. The highest BCUT2D eigenvalue weighted by Gasteiger charge is 2.24. The number of ether oxygens (including phenoxy) is 2. The van der Waals surface area contributed by atoms with Gasteiger partial charge in [-0.1, -0.05) is 25.2 Å². The lowest BCUT2D eigenvalue weighted by molar-refractivity contribution is 0.0983. The number of benzene rings is 2. The van der Waals surface area contributed by atoms with Crippen molar-refractivity contribution in [3.63, 3.8) is 0 Å². The fourth-order valence-corrected chi connectivity index (χ4v) is 4.27. The van der Waals surface area contributed by atoms with Crippen molar-refractivity contribution in [2.45, 2.75) is 13.8 Å². The summed E-state index contributed by atoms with van der Waals surface area (Å²) in [5.74, 6) is 0.706. The van der Waals surface area contributed by atoms with Crippen molar-refractivity contribution in [2.24, 2.45) is 0 Å². The number of thiazole rings is 1. The molecule has 2 aromatic carbocycles. The van der Waals surface area contributed by atoms with Gasteiger partial charge in [-0.2, -0.15) is 0 Å². The number of nitrogens with zero attached hydrogens (tertiary/aromatic N) is 3. The van der Waals surface area contributed by atoms with Gasteiger partial charge in [0.25, 0.3) is 5.91 Å². The Morgan fingerprint density at radius 1 is 1.10 bits per heavy atom. The van der Waals surface area contributed by atoms with Crippen molar-refractivity contribution in [3.8, 4) is 11.5 Å². The third kappa shape index (κ3) is 4.04. The average molecular weight is 415 g/mol. The fraction of sp³-hybridized carbons (Fsp3) is 0.333. The van der Waals surface area contributed by atoms with E-state index in [0.29, 0.717) is 45.5 Å². The minimum atomic E-state index is -0.315. The lowest BCUT2D eigenvalue weighted by atomic mass is 10.1. The van der Waals surface area contributed by atoms with Crippen LogP contribution < -0.4 is 14.4 Å². The van der Waals surface area contributed by atoms with E-state index in [1.165, 1.54) is 23.5 Å². The number of anilines is 1. The molecule has 3 aromatic rings. The van der Waals surface area contributed by atoms with Gasteiger partial charge in [0.05, 0.1) is 10.2 Å². The molecule has 0 unspecified atom stereocenters. The number of rotatable bonds is 7. The van der Waals surface area contributed by atoms with Crippen molar-refractivity contribution >= 4 is 32.6 Å². The third-order valence-corrected chi connectivity index (χ3v) is 6.01. The normalized spacial score (nSPS) is 12.7. The Morgan fingerprint density at radius 2 is 1.90 bits per heavy atom. The fourth-order valence-electron chi connectivity index (χ4n) is 3.25. The SMILES string of the molecule is CCN(CC)CCN(C(=O)c1ccc2c(c1)OCO2)c1nc2ccc(F)cc2s1. The second kappa shape index (κ2) is 8.34. The second-order valence-electron chi connectivity index (χ2n) is 6.66. The molecule has 4 rings (SSSR count). The van der Waals surface area contributed by atoms with Gasteiger partial charge in [0.15, 0.2) is 16.6 Å². The summed E-state index contributed by atoms with van der Waals surface area (Å²) in [5, 5.41) is 0.556. The summed E-state index contributed by atoms with van der Waals surface area (Å²) in [4.78, 5) is 21.9. The molecule has 1 aromatic heterocycles. The van der Waals surface area contributed by atoms with E-state index >= 15 is 0 Å². The molecule has 152 valence electrons. The number of amides is 1. The van der Waals surface area contributed by atoms with Gasteiger partial charge in [0.1, 0.15) is 5.82 Å². The number of halogens is 1. The summed E-state index contributed by atoms with van der Waals surface area (Å²) in [6.45, 7) is 7.33. The third-order valence-electron chi connectivity index (χ3n) is 4.97. The minimum absolute atomic E-state index is 0.155. The van der Waals surface area contributed by atoms with Crippen LogP contribution in [-0.4, -0.2) is 48.8 Å². The first-order valence-corrected chi connectivity index (χ1v) is 10.4. The van der Waals surface area contributed by atoms with Gasteiger partial charge in [0.2, 0.25) is 6.79 Å². The lowest BCUT2D eigenvalue weighted by Crippen LogP contribution is -2.38. The number of carbonyl (C=O) groups is 1. The molecular formula is C21H22FN3O3S. The Kier molecular flexibility index (Phi) is 5.64. The Morgan fingerprint density at radius 3 is 2.69 bits per heavy atom. The van der Waals surface area contributed by atoms with Gasteiger partial charge < -0.3 is 14.4 Å². The van der Waals surface area contributed by atoms with E-state index in [0.717, 1.165) is 13.1 Å². The van der Waals surface area contributed by atoms with E-state index in [-0.39, 0.29) is 18.5 Å². The van der Waals surface area contributed by atoms with Crippen LogP contribution in [0.2, 0.25) is 0 Å². The van der Waals surface area contributed by atoms with Gasteiger partial charge in [-0.25, -0.2) is 9.37 Å². The zero-order valence-corrected chi connectivity index (χ0v) is 17.2. The van der Waals surface area contributed by atoms with E-state index in [4.69, 9.17) is 9.47 Å². The number of likely N-dealkylation sites (N-methyl/N-ethyl adjacent to an activating group) is 1. The summed E-state index contributed by atoms with van der Waals surface area (Å²) in [6, 6.07) is 9.63. The van der Waals surface area contributed by atoms with Gasteiger partial charge >= 0.3 is 0 Å². The molecule has 8 heteroatoms. The molecule has 0 saturated carbocycles. The predicted octanol–water partition coefficient (Wildman–Crippen LogP) is 4.15. The van der Waals surface area contributed by atoms with Crippen LogP contribution in [0.1, 0.15) is 24.2 Å². The van der Waals surface area contributed by atoms with Crippen LogP contribution >= 0.6 is 11.3 Å². The van der Waals surface area contributed by atoms with Crippen LogP contribution in [0.25, 0.3) is 10.2 Å². The Bertz CT molecular complexity index is 1040. The highest BCUT2D eigenvalue weighted by molar-refractivity contribution is 7.22. The molecule has 1 aliphatic heterocycles. The first-order chi connectivity index (χ1) is 14.1. The molecule has 6 nitrogen and oxygen atoms in total. The maximum atomic E-state index is 13.6. The Hall–Kier alpha value is -2.71. The van der Waals surface area contributed by atoms with Crippen LogP contribution in [0.15, 0.2) is 36.4 Å².